The summed E-state index contributed by atoms with van der Waals surface area (Å²) >= 11 is 11.8. The van der Waals surface area contributed by atoms with E-state index >= 15 is 0 Å². The van der Waals surface area contributed by atoms with E-state index in [0.717, 1.165) is 5.69 Å². The van der Waals surface area contributed by atoms with Gasteiger partial charge in [0.15, 0.2) is 5.82 Å². The van der Waals surface area contributed by atoms with Crippen LogP contribution in [0.5, 0.6) is 0 Å². The number of benzene rings is 1. The Bertz CT molecular complexity index is 499. The van der Waals surface area contributed by atoms with Gasteiger partial charge in [-0.2, -0.15) is 4.98 Å². The second-order valence-electron chi connectivity index (χ2n) is 3.21. The van der Waals surface area contributed by atoms with Crippen LogP contribution in [0.25, 0.3) is 0 Å². The highest BCUT2D eigenvalue weighted by Gasteiger charge is 2.04. The molecule has 0 atom stereocenters. The van der Waals surface area contributed by atoms with Crippen LogP contribution in [-0.4, -0.2) is 10.1 Å². The van der Waals surface area contributed by atoms with Crippen LogP contribution >= 0.6 is 23.2 Å². The Morgan fingerprint density at radius 2 is 2.19 bits per heavy atom. The van der Waals surface area contributed by atoms with Gasteiger partial charge in [-0.15, -0.1) is 0 Å². The summed E-state index contributed by atoms with van der Waals surface area (Å²) in [5, 5.41) is 8.02. The average Bonchev–Trinajstić information content (AvgIpc) is 2.63. The molecule has 0 aliphatic carbocycles. The van der Waals surface area contributed by atoms with Gasteiger partial charge in [0.05, 0.1) is 17.3 Å². The van der Waals surface area contributed by atoms with E-state index in [1.165, 1.54) is 0 Å². The van der Waals surface area contributed by atoms with E-state index < -0.39 is 0 Å². The number of anilines is 1. The molecule has 4 nitrogen and oxygen atoms in total. The molecule has 0 saturated carbocycles. The lowest BCUT2D eigenvalue weighted by Crippen LogP contribution is -2.01. The minimum absolute atomic E-state index is 0.457. The third kappa shape index (κ3) is 2.65. The molecular weight excluding hydrogens is 249 g/mol. The normalized spacial score (nSPS) is 10.4. The average molecular weight is 258 g/mol. The summed E-state index contributed by atoms with van der Waals surface area (Å²) < 4.78 is 4.85. The van der Waals surface area contributed by atoms with Crippen LogP contribution < -0.4 is 5.32 Å². The van der Waals surface area contributed by atoms with Gasteiger partial charge >= 0.3 is 0 Å². The van der Waals surface area contributed by atoms with E-state index in [-0.39, 0.29) is 0 Å². The second-order valence-corrected chi connectivity index (χ2v) is 4.05. The van der Waals surface area contributed by atoms with Gasteiger partial charge in [0, 0.05) is 11.9 Å². The smallest absolute Gasteiger partial charge is 0.223 e. The molecule has 0 saturated heterocycles. The van der Waals surface area contributed by atoms with Crippen LogP contribution in [0.1, 0.15) is 11.7 Å². The van der Waals surface area contributed by atoms with Gasteiger partial charge in [-0.1, -0.05) is 28.4 Å². The molecule has 0 unspecified atom stereocenters. The molecule has 2 aromatic rings. The van der Waals surface area contributed by atoms with E-state index in [2.05, 4.69) is 15.5 Å². The third-order valence-corrected chi connectivity index (χ3v) is 2.49. The number of hydrogen-bond donors (Lipinski definition) is 1. The molecule has 1 aromatic heterocycles. The van der Waals surface area contributed by atoms with Gasteiger partial charge in [0.25, 0.3) is 0 Å². The zero-order chi connectivity index (χ0) is 11.5. The highest BCUT2D eigenvalue weighted by atomic mass is 35.5. The highest BCUT2D eigenvalue weighted by Crippen LogP contribution is 2.25. The molecule has 16 heavy (non-hydrogen) atoms. The van der Waals surface area contributed by atoms with Crippen LogP contribution in [0.2, 0.25) is 10.0 Å². The minimum Gasteiger partial charge on any atom is -0.376 e. The summed E-state index contributed by atoms with van der Waals surface area (Å²) in [6, 6.07) is 5.24. The lowest BCUT2D eigenvalue weighted by Gasteiger charge is -2.05. The van der Waals surface area contributed by atoms with Crippen molar-refractivity contribution in [1.29, 1.82) is 0 Å². The Hall–Kier alpha value is -1.26. The van der Waals surface area contributed by atoms with E-state index in [1.54, 1.807) is 25.1 Å². The molecule has 84 valence electrons. The number of nitrogens with zero attached hydrogens (tertiary/aromatic N) is 2. The number of aryl methyl sites for hydroxylation is 1. The van der Waals surface area contributed by atoms with Crippen LogP contribution in [0.3, 0.4) is 0 Å². The fourth-order valence-electron chi connectivity index (χ4n) is 1.22. The monoisotopic (exact) mass is 257 g/mol. The van der Waals surface area contributed by atoms with Crippen LogP contribution in [-0.2, 0) is 6.54 Å². The second kappa shape index (κ2) is 4.72. The molecule has 1 aromatic carbocycles. The van der Waals surface area contributed by atoms with E-state index in [1.807, 2.05) is 0 Å². The summed E-state index contributed by atoms with van der Waals surface area (Å²) in [4.78, 5) is 4.06. The number of halogens is 2. The van der Waals surface area contributed by atoms with Crippen LogP contribution in [0.4, 0.5) is 5.69 Å². The van der Waals surface area contributed by atoms with Gasteiger partial charge < -0.3 is 9.84 Å². The highest BCUT2D eigenvalue weighted by molar-refractivity contribution is 6.36. The predicted molar refractivity (Wildman–Crippen MR) is 62.8 cm³/mol. The standard InChI is InChI=1S/C10H9Cl2N3O/c1-6-14-10(15-16-6)5-13-9-3-2-7(11)4-8(9)12/h2-4,13H,5H2,1H3. The maximum atomic E-state index is 5.99. The summed E-state index contributed by atoms with van der Waals surface area (Å²) in [7, 11) is 0. The lowest BCUT2D eigenvalue weighted by molar-refractivity contribution is 0.388. The first-order valence-corrected chi connectivity index (χ1v) is 5.39. The molecule has 1 N–H and O–H groups in total. The molecule has 0 bridgehead atoms. The fourth-order valence-corrected chi connectivity index (χ4v) is 1.70. The lowest BCUT2D eigenvalue weighted by atomic mass is 10.3. The Morgan fingerprint density at radius 3 is 2.81 bits per heavy atom. The quantitative estimate of drug-likeness (QED) is 0.917. The minimum atomic E-state index is 0.457. The van der Waals surface area contributed by atoms with Crippen molar-refractivity contribution in [2.75, 3.05) is 5.32 Å². The summed E-state index contributed by atoms with van der Waals surface area (Å²) in [6.45, 7) is 2.20. The molecule has 0 spiro atoms. The Morgan fingerprint density at radius 1 is 1.38 bits per heavy atom. The molecular formula is C10H9Cl2N3O. The first-order valence-electron chi connectivity index (χ1n) is 4.63. The van der Waals surface area contributed by atoms with E-state index in [9.17, 15) is 0 Å². The number of rotatable bonds is 3. The van der Waals surface area contributed by atoms with Crippen molar-refractivity contribution in [3.05, 3.63) is 40.0 Å². The molecule has 0 radical (unpaired) electrons. The Balaban J connectivity index is 2.04. The van der Waals surface area contributed by atoms with Crippen molar-refractivity contribution in [3.8, 4) is 0 Å². The van der Waals surface area contributed by atoms with Gasteiger partial charge in [0.2, 0.25) is 5.89 Å². The molecule has 0 aliphatic heterocycles. The third-order valence-electron chi connectivity index (χ3n) is 1.94. The molecule has 0 aliphatic rings. The van der Waals surface area contributed by atoms with E-state index in [0.29, 0.717) is 28.3 Å². The topological polar surface area (TPSA) is 51.0 Å². The number of nitrogens with one attached hydrogen (secondary N) is 1. The predicted octanol–water partition coefficient (Wildman–Crippen LogP) is 3.30. The Kier molecular flexibility index (Phi) is 3.31. The molecule has 0 amide bonds. The van der Waals surface area contributed by atoms with Crippen LogP contribution in [0, 0.1) is 6.92 Å². The largest absolute Gasteiger partial charge is 0.376 e. The maximum absolute atomic E-state index is 5.99. The van der Waals surface area contributed by atoms with Gasteiger partial charge in [-0.25, -0.2) is 0 Å². The molecule has 2 rings (SSSR count). The van der Waals surface area contributed by atoms with Crippen molar-refractivity contribution in [1.82, 2.24) is 10.1 Å². The first kappa shape index (κ1) is 11.2. The fraction of sp³-hybridized carbons (Fsp3) is 0.200. The molecule has 0 fully saturated rings. The maximum Gasteiger partial charge on any atom is 0.223 e. The van der Waals surface area contributed by atoms with Crippen molar-refractivity contribution < 1.29 is 4.52 Å². The summed E-state index contributed by atoms with van der Waals surface area (Å²) in [5.41, 5.74) is 0.786. The summed E-state index contributed by atoms with van der Waals surface area (Å²) in [6.07, 6.45) is 0. The number of hydrogen-bond acceptors (Lipinski definition) is 4. The zero-order valence-electron chi connectivity index (χ0n) is 8.50. The molecule has 6 heteroatoms. The van der Waals surface area contributed by atoms with Gasteiger partial charge in [-0.05, 0) is 18.2 Å². The Labute approximate surface area is 103 Å². The van der Waals surface area contributed by atoms with Crippen molar-refractivity contribution in [3.63, 3.8) is 0 Å². The SMILES string of the molecule is Cc1nc(CNc2ccc(Cl)cc2Cl)no1. The number of aromatic nitrogens is 2. The summed E-state index contributed by atoms with van der Waals surface area (Å²) in [5.74, 6) is 1.13. The van der Waals surface area contributed by atoms with Crippen molar-refractivity contribution in [2.45, 2.75) is 13.5 Å². The van der Waals surface area contributed by atoms with Gasteiger partial charge in [0.1, 0.15) is 0 Å². The first-order chi connectivity index (χ1) is 7.65. The van der Waals surface area contributed by atoms with Crippen LogP contribution in [0.15, 0.2) is 22.7 Å². The van der Waals surface area contributed by atoms with Crippen molar-refractivity contribution in [2.24, 2.45) is 0 Å². The van der Waals surface area contributed by atoms with E-state index in [4.69, 9.17) is 27.7 Å². The van der Waals surface area contributed by atoms with Gasteiger partial charge in [-0.3, -0.25) is 0 Å². The van der Waals surface area contributed by atoms with Crippen molar-refractivity contribution >= 4 is 28.9 Å². The molecule has 1 heterocycles. The zero-order valence-corrected chi connectivity index (χ0v) is 10.0.